The Morgan fingerprint density at radius 1 is 0.427 bits per heavy atom. The van der Waals surface area contributed by atoms with Crippen LogP contribution in [0.2, 0.25) is 0 Å². The van der Waals surface area contributed by atoms with Crippen LogP contribution in [0.3, 0.4) is 0 Å². The average molecular weight is 1740 g/mol. The van der Waals surface area contributed by atoms with Gasteiger partial charge in [-0.05, 0) is 436 Å². The largest absolute Gasteiger partial charge is 0.461 e. The van der Waals surface area contributed by atoms with E-state index in [4.69, 9.17) is 21.9 Å². The number of rotatable bonds is 19. The van der Waals surface area contributed by atoms with E-state index in [1.165, 1.54) is 89.9 Å². The van der Waals surface area contributed by atoms with E-state index in [0.717, 1.165) is 190 Å². The van der Waals surface area contributed by atoms with Crippen LogP contribution in [0.15, 0.2) is 42.0 Å². The first kappa shape index (κ1) is 100. The van der Waals surface area contributed by atoms with Crippen molar-refractivity contribution in [3.05, 3.63) is 47.5 Å². The molecule has 1 aromatic carbocycles. The Morgan fingerprint density at radius 2 is 0.766 bits per heavy atom. The maximum Gasteiger partial charge on any atom is 0.306 e. The number of hydrogen-bond donors (Lipinski definition) is 8. The topological polar surface area (TPSA) is 257 Å². The lowest BCUT2D eigenvalue weighted by atomic mass is 9.41. The van der Waals surface area contributed by atoms with Gasteiger partial charge in [0.2, 0.25) is 0 Å². The Hall–Kier alpha value is -2.59. The van der Waals surface area contributed by atoms with Crippen molar-refractivity contribution in [2.24, 2.45) is 220 Å². The molecular formula is C110H184ClN3O10. The number of nitrogens with two attached hydrogens (primary N) is 3. The third-order valence-corrected chi connectivity index (χ3v) is 43.5. The van der Waals surface area contributed by atoms with Crippen LogP contribution >= 0.6 is 12.4 Å². The van der Waals surface area contributed by atoms with Gasteiger partial charge in [0.1, 0.15) is 18.2 Å². The highest BCUT2D eigenvalue weighted by Gasteiger charge is 2.71. The van der Waals surface area contributed by atoms with Crippen molar-refractivity contribution in [2.45, 2.75) is 393 Å². The number of carbonyl (C=O) groups excluding carboxylic acids is 4. The smallest absolute Gasteiger partial charge is 0.306 e. The Labute approximate surface area is 761 Å². The van der Waals surface area contributed by atoms with Crippen LogP contribution in [0.25, 0.3) is 0 Å². The molecule has 0 amide bonds. The number of Topliss-reactive ketones (excluding diaryl/α,β-unsaturated/α-hetero) is 3. The Bertz CT molecular complexity index is 3660. The molecule has 16 aliphatic carbocycles. The molecular weight excluding hydrogens is 1560 g/mol. The standard InChI is InChI=1S/C34H48O4.C25H45NO2.2C25H43NO2.CH4.ClH/c1-5-25-29-20-24(35)16-18-34(29,4)28-17-19-33(3)26(14-15-27(33)31(28)32(25)37)22(2)10-9-13-30(36)38-21-23-11-7-6-8-12-23;3*1-5-17-21-14-16(27)8-11-25(21,4)20-9-12-24(3)18(15(2)10-13-26)6-7-19(24)22(20)23(17)28;;/h5-8,11-12,22,24,26-29,31,35H,9-10,13-21H2,1-4H3;15-23,27-28H,5-14,26H2,1-4H3;2*15-22,27H,5-14,26H2,1-4H3;1H4;1H/b25-5+;;;;;/t22-,24-,26-,27+,28+,29+,31+,33-,34-;15-,16-,17-,18-,19+,20+,21+,22+,23-,24-,25-;15-,16-,17+,18-,19+,20+,21+,22+,24-,25-;15-,16-,17-,18-,19+,20+,21+,22+,24-,25-;;/m1111../s1. The van der Waals surface area contributed by atoms with Gasteiger partial charge < -0.3 is 47.5 Å². The van der Waals surface area contributed by atoms with Crippen molar-refractivity contribution in [2.75, 3.05) is 19.6 Å². The molecule has 0 aromatic heterocycles. The van der Waals surface area contributed by atoms with Crippen LogP contribution in [0, 0.1) is 203 Å². The van der Waals surface area contributed by atoms with Crippen LogP contribution in [0.1, 0.15) is 361 Å². The number of fused-ring (bicyclic) bond motifs is 20. The van der Waals surface area contributed by atoms with Crippen LogP contribution in [-0.4, -0.2) is 99.0 Å². The van der Waals surface area contributed by atoms with Gasteiger partial charge in [0, 0.05) is 36.0 Å². The molecule has 16 fully saturated rings. The number of esters is 1. The molecule has 16 aliphatic rings. The molecule has 11 N–H and O–H groups in total. The zero-order chi connectivity index (χ0) is 87.9. The van der Waals surface area contributed by atoms with E-state index >= 15 is 0 Å². The number of benzene rings is 1. The molecule has 0 aliphatic heterocycles. The fraction of sp³-hybridized carbons (Fsp3) is 0.891. The number of ketones is 3. The summed E-state index contributed by atoms with van der Waals surface area (Å²) in [6.07, 6.45) is 41.2. The summed E-state index contributed by atoms with van der Waals surface area (Å²) in [7, 11) is 0. The maximum atomic E-state index is 14.1. The molecule has 1 aromatic rings. The van der Waals surface area contributed by atoms with E-state index in [1.54, 1.807) is 0 Å². The molecule has 0 saturated heterocycles. The number of aliphatic hydroxyl groups is 5. The zero-order valence-electron chi connectivity index (χ0n) is 80.3. The maximum absolute atomic E-state index is 14.1. The molecule has 16 saturated carbocycles. The lowest BCUT2D eigenvalue weighted by molar-refractivity contribution is -0.203. The number of halogens is 1. The molecule has 17 rings (SSSR count). The van der Waals surface area contributed by atoms with Crippen molar-refractivity contribution in [3.63, 3.8) is 0 Å². The summed E-state index contributed by atoms with van der Waals surface area (Å²) in [6, 6.07) is 9.86. The minimum absolute atomic E-state index is 0. The second-order valence-corrected chi connectivity index (χ2v) is 48.2. The Morgan fingerprint density at radius 3 is 1.18 bits per heavy atom. The number of hydrogen-bond acceptors (Lipinski definition) is 13. The highest BCUT2D eigenvalue weighted by Crippen LogP contribution is 2.75. The van der Waals surface area contributed by atoms with E-state index in [9.17, 15) is 44.7 Å². The SMILES string of the molecule is C.C/C=C1/C(=O)[C@@H]2[C@H](CC[C@]3(C)[C@@H]([C@H](C)CCCC(=O)OCc4ccccc4)CC[C@@H]23)[C@@]2(C)CC[C@@H](O)C[C@@H]12.CC[C@@H]1C(=O)[C@@H]2[C@H](CC[C@]3(C)[C@@H]([C@H](C)CCN)CC[C@@H]23)[C@@]2(C)CC[C@@H](O)C[C@@H]12.CC[C@H]1C(=O)[C@@H]2[C@H](CC[C@]3(C)[C@@H]([C@H](C)CCN)CC[C@@H]23)[C@@]2(C)CC[C@@H](O)C[C@@H]12.CC[C@H]1[C@@H](O)[C@@H]2[C@H](CC[C@]3(C)[C@@H]([C@H](C)CCN)CC[C@@H]23)[C@@]2(C)CC[C@@H](O)C[C@@H]12.Cl. The predicted molar refractivity (Wildman–Crippen MR) is 506 cm³/mol. The fourth-order valence-corrected chi connectivity index (χ4v) is 37.3. The lowest BCUT2D eigenvalue weighted by Crippen LogP contribution is -2.62. The molecule has 124 heavy (non-hydrogen) atoms. The van der Waals surface area contributed by atoms with Crippen LogP contribution in [0.5, 0.6) is 0 Å². The van der Waals surface area contributed by atoms with Crippen LogP contribution in [-0.2, 0) is 30.5 Å². The molecule has 40 atom stereocenters. The molecule has 0 radical (unpaired) electrons. The average Bonchev–Trinajstić information content (AvgIpc) is 1.38. The highest BCUT2D eigenvalue weighted by molar-refractivity contribution is 5.99. The van der Waals surface area contributed by atoms with E-state index in [2.05, 4.69) is 110 Å². The summed E-state index contributed by atoms with van der Waals surface area (Å²) in [5.74, 6) is 14.7. The molecule has 0 spiro atoms. The van der Waals surface area contributed by atoms with Crippen molar-refractivity contribution in [3.8, 4) is 0 Å². The zero-order valence-corrected chi connectivity index (χ0v) is 81.2. The molecule has 13 nitrogen and oxygen atoms in total. The number of aliphatic hydroxyl groups excluding tert-OH is 5. The Balaban J connectivity index is 0.000000151. The Kier molecular flexibility index (Phi) is 32.3. The lowest BCUT2D eigenvalue weighted by Gasteiger charge is -2.64. The molecule has 0 unspecified atom stereocenters. The second kappa shape index (κ2) is 39.9. The van der Waals surface area contributed by atoms with E-state index in [0.29, 0.717) is 159 Å². The van der Waals surface area contributed by atoms with Crippen molar-refractivity contribution >= 4 is 35.7 Å². The monoisotopic (exact) mass is 1740 g/mol. The van der Waals surface area contributed by atoms with Gasteiger partial charge in [0.15, 0.2) is 5.78 Å². The predicted octanol–water partition coefficient (Wildman–Crippen LogP) is 22.6. The van der Waals surface area contributed by atoms with Crippen LogP contribution < -0.4 is 17.2 Å². The summed E-state index contributed by atoms with van der Waals surface area (Å²) in [6.45, 7) is 41.0. The normalized spacial score (nSPS) is 48.1. The van der Waals surface area contributed by atoms with Gasteiger partial charge in [0.05, 0.1) is 30.5 Å². The van der Waals surface area contributed by atoms with E-state index in [1.807, 2.05) is 37.3 Å². The number of carbonyl (C=O) groups is 4. The number of allylic oxidation sites excluding steroid dienone is 2. The van der Waals surface area contributed by atoms with E-state index < -0.39 is 0 Å². The molecule has 14 heteroatoms. The van der Waals surface area contributed by atoms with Crippen molar-refractivity contribution in [1.82, 2.24) is 0 Å². The fourth-order valence-electron chi connectivity index (χ4n) is 37.3. The summed E-state index contributed by atoms with van der Waals surface area (Å²) >= 11 is 0. The van der Waals surface area contributed by atoms with Crippen molar-refractivity contribution < 1.29 is 49.4 Å². The van der Waals surface area contributed by atoms with Gasteiger partial charge in [0.25, 0.3) is 0 Å². The van der Waals surface area contributed by atoms with Gasteiger partial charge in [-0.2, -0.15) is 0 Å². The molecule has 0 heterocycles. The van der Waals surface area contributed by atoms with Crippen molar-refractivity contribution in [1.29, 1.82) is 0 Å². The summed E-state index contributed by atoms with van der Waals surface area (Å²) in [5, 5.41) is 53.3. The third kappa shape index (κ3) is 17.5. The third-order valence-electron chi connectivity index (χ3n) is 43.5. The van der Waals surface area contributed by atoms with E-state index in [-0.39, 0.29) is 113 Å². The van der Waals surface area contributed by atoms with Gasteiger partial charge in [-0.1, -0.05) is 154 Å². The molecule has 0 bridgehead atoms. The first-order chi connectivity index (χ1) is 58.0. The van der Waals surface area contributed by atoms with Gasteiger partial charge in [-0.15, -0.1) is 12.4 Å². The van der Waals surface area contributed by atoms with Gasteiger partial charge in [-0.3, -0.25) is 19.2 Å². The second-order valence-electron chi connectivity index (χ2n) is 48.2. The minimum Gasteiger partial charge on any atom is -0.461 e. The minimum atomic E-state index is -0.270. The highest BCUT2D eigenvalue weighted by atomic mass is 35.5. The first-order valence-electron chi connectivity index (χ1n) is 52.0. The summed E-state index contributed by atoms with van der Waals surface area (Å²) in [4.78, 5) is 54.2. The summed E-state index contributed by atoms with van der Waals surface area (Å²) in [5.41, 5.74) is 21.9. The summed E-state index contributed by atoms with van der Waals surface area (Å²) < 4.78 is 5.49. The number of ether oxygens (including phenoxy) is 1. The quantitative estimate of drug-likeness (QED) is 0.0474. The van der Waals surface area contributed by atoms with Gasteiger partial charge >= 0.3 is 5.97 Å². The van der Waals surface area contributed by atoms with Gasteiger partial charge in [-0.25, -0.2) is 0 Å². The molecule has 706 valence electrons. The first-order valence-corrected chi connectivity index (χ1v) is 52.0. The van der Waals surface area contributed by atoms with Crippen LogP contribution in [0.4, 0.5) is 0 Å².